The molecule has 2 heterocycles. The normalized spacial score (nSPS) is 16.8. The van der Waals surface area contributed by atoms with Crippen molar-refractivity contribution in [1.29, 1.82) is 0 Å². The van der Waals surface area contributed by atoms with Gasteiger partial charge in [-0.2, -0.15) is 6.67 Å². The van der Waals surface area contributed by atoms with Crippen LogP contribution in [0.1, 0.15) is 45.9 Å². The summed E-state index contributed by atoms with van der Waals surface area (Å²) in [6, 6.07) is 14.7. The molecule has 38 heavy (non-hydrogen) atoms. The van der Waals surface area contributed by atoms with Gasteiger partial charge in [-0.15, -0.1) is 0 Å². The Labute approximate surface area is 238 Å². The molecular formula is C31H36ClN3O2Ru-. The monoisotopic (exact) mass is 619 g/mol. The average molecular weight is 619 g/mol. The molecule has 7 heteroatoms. The van der Waals surface area contributed by atoms with Crippen LogP contribution in [0, 0.1) is 48.2 Å². The summed E-state index contributed by atoms with van der Waals surface area (Å²) in [4.78, 5) is 16.2. The third-order valence-corrected chi connectivity index (χ3v) is 8.01. The standard InChI is InChI=1S/C21H27N2.C10H9NO2.ClH.Ru/c1-14-9-16(3)20(17(4)10-14)22-7-8-23(13-22)21-18(5)11-15(2)12-19(21)6;1-6-4-3-5-8-9(6)13-7(2)10(12)11-8;;/h9-13H,7-8H2,1-6H3;1,3-5,7H,2H3,(H,11,12);1H;/q-1;;;+1/p-1. The summed E-state index contributed by atoms with van der Waals surface area (Å²) in [7, 11) is 5.74. The molecule has 1 amide bonds. The van der Waals surface area contributed by atoms with E-state index in [0.717, 1.165) is 30.1 Å². The number of halogens is 1. The Morgan fingerprint density at radius 2 is 1.42 bits per heavy atom. The van der Waals surface area contributed by atoms with Gasteiger partial charge in [0.1, 0.15) is 0 Å². The van der Waals surface area contributed by atoms with E-state index in [1.165, 1.54) is 44.8 Å². The number of para-hydroxylation sites is 1. The first-order valence-corrected chi connectivity index (χ1v) is 16.0. The molecule has 2 aliphatic rings. The van der Waals surface area contributed by atoms with Gasteiger partial charge >= 0.3 is 99.0 Å². The number of carbonyl (C=O) groups excluding carboxylic acids is 1. The Morgan fingerprint density at radius 1 is 0.921 bits per heavy atom. The van der Waals surface area contributed by atoms with E-state index in [0.29, 0.717) is 0 Å². The summed E-state index contributed by atoms with van der Waals surface area (Å²) in [6.45, 7) is 19.3. The van der Waals surface area contributed by atoms with Crippen molar-refractivity contribution < 1.29 is 25.2 Å². The van der Waals surface area contributed by atoms with Gasteiger partial charge in [0, 0.05) is 24.5 Å². The molecule has 203 valence electrons. The summed E-state index contributed by atoms with van der Waals surface area (Å²) in [5.74, 6) is 0.609. The number of fused-ring (bicyclic) bond motifs is 1. The van der Waals surface area contributed by atoms with Crippen LogP contribution in [0.2, 0.25) is 0 Å². The van der Waals surface area contributed by atoms with Gasteiger partial charge in [0.2, 0.25) is 0 Å². The second-order valence-electron chi connectivity index (χ2n) is 10.1. The molecule has 0 bridgehead atoms. The SMILES string of the molecule is CC1Oc2c([CH]=[Ru][Cl])cccc2NC1=O.Cc1cc(C)c(N2[CH-]N(c3c(C)cc(C)cc3C)CC2)c(C)c1. The van der Waals surface area contributed by atoms with Gasteiger partial charge in [-0.25, -0.2) is 0 Å². The quantitative estimate of drug-likeness (QED) is 0.260. The van der Waals surface area contributed by atoms with Gasteiger partial charge < -0.3 is 9.80 Å². The molecule has 1 atom stereocenters. The van der Waals surface area contributed by atoms with Crippen LogP contribution < -0.4 is 19.9 Å². The Bertz CT molecular complexity index is 1280. The van der Waals surface area contributed by atoms with Crippen molar-refractivity contribution in [2.45, 2.75) is 54.6 Å². The second kappa shape index (κ2) is 12.0. The topological polar surface area (TPSA) is 44.8 Å². The van der Waals surface area contributed by atoms with Gasteiger partial charge in [0.15, 0.2) is 0 Å². The molecule has 0 saturated carbocycles. The fourth-order valence-corrected chi connectivity index (χ4v) is 6.55. The third kappa shape index (κ3) is 6.13. The summed E-state index contributed by atoms with van der Waals surface area (Å²) in [5, 5.41) is 2.79. The molecule has 5 nitrogen and oxygen atoms in total. The molecule has 0 spiro atoms. The van der Waals surface area contributed by atoms with Crippen LogP contribution in [0.5, 0.6) is 5.75 Å². The molecular weight excluding hydrogens is 583 g/mol. The fourth-order valence-electron chi connectivity index (χ4n) is 5.46. The minimum absolute atomic E-state index is 0.113. The molecule has 2 aliphatic heterocycles. The minimum atomic E-state index is -0.446. The maximum Gasteiger partial charge on any atom is 0.0146 e. The van der Waals surface area contributed by atoms with E-state index in [9.17, 15) is 4.79 Å². The summed E-state index contributed by atoms with van der Waals surface area (Å²) >= 11 is -0.300. The van der Waals surface area contributed by atoms with Crippen LogP contribution in [0.25, 0.3) is 0 Å². The number of nitrogens with zero attached hydrogens (tertiary/aromatic N) is 2. The molecule has 0 aromatic heterocycles. The average Bonchev–Trinajstić information content (AvgIpc) is 3.28. The van der Waals surface area contributed by atoms with Gasteiger partial charge in [-0.05, 0) is 63.8 Å². The van der Waals surface area contributed by atoms with Crippen LogP contribution in [0.3, 0.4) is 0 Å². The van der Waals surface area contributed by atoms with Crippen molar-refractivity contribution in [1.82, 2.24) is 0 Å². The number of rotatable bonds is 3. The van der Waals surface area contributed by atoms with Crippen molar-refractivity contribution >= 4 is 37.3 Å². The van der Waals surface area contributed by atoms with Gasteiger partial charge in [-0.1, -0.05) is 35.4 Å². The van der Waals surface area contributed by atoms with Crippen molar-refractivity contribution in [2.24, 2.45) is 0 Å². The van der Waals surface area contributed by atoms with E-state index in [1.807, 2.05) is 22.8 Å². The molecule has 3 aromatic carbocycles. The number of hydrogen-bond donors (Lipinski definition) is 1. The van der Waals surface area contributed by atoms with Gasteiger partial charge in [0.05, 0.1) is 0 Å². The predicted molar refractivity (Wildman–Crippen MR) is 156 cm³/mol. The summed E-state index contributed by atoms with van der Waals surface area (Å²) < 4.78 is 7.48. The number of hydrogen-bond acceptors (Lipinski definition) is 4. The zero-order chi connectivity index (χ0) is 27.6. The Hall–Kier alpha value is -2.69. The molecule has 0 radical (unpaired) electrons. The van der Waals surface area contributed by atoms with Crippen molar-refractivity contribution in [2.75, 3.05) is 28.2 Å². The van der Waals surface area contributed by atoms with Crippen molar-refractivity contribution in [3.8, 4) is 5.75 Å². The van der Waals surface area contributed by atoms with E-state index in [4.69, 9.17) is 14.4 Å². The molecule has 5 rings (SSSR count). The zero-order valence-electron chi connectivity index (χ0n) is 23.1. The first-order chi connectivity index (χ1) is 18.1. The van der Waals surface area contributed by atoms with E-state index < -0.39 is 6.10 Å². The minimum Gasteiger partial charge on any atom is -0.502 e. The maximum atomic E-state index is 11.4. The van der Waals surface area contributed by atoms with Crippen LogP contribution in [-0.4, -0.2) is 29.7 Å². The van der Waals surface area contributed by atoms with Crippen LogP contribution >= 0.6 is 9.69 Å². The van der Waals surface area contributed by atoms with E-state index in [-0.39, 0.29) is 21.6 Å². The number of benzene rings is 3. The Balaban J connectivity index is 0.000000194. The summed E-state index contributed by atoms with van der Waals surface area (Å²) in [5.41, 5.74) is 12.5. The smallest absolute Gasteiger partial charge is 0.0146 e. The zero-order valence-corrected chi connectivity index (χ0v) is 25.6. The number of aryl methyl sites for hydroxylation is 6. The van der Waals surface area contributed by atoms with Crippen LogP contribution in [-0.2, 0) is 20.5 Å². The maximum absolute atomic E-state index is 11.4. The van der Waals surface area contributed by atoms with E-state index >= 15 is 0 Å². The first-order valence-electron chi connectivity index (χ1n) is 12.8. The van der Waals surface area contributed by atoms with Crippen molar-refractivity contribution in [3.63, 3.8) is 0 Å². The molecule has 1 fully saturated rings. The number of anilines is 3. The second-order valence-corrected chi connectivity index (χ2v) is 11.9. The van der Waals surface area contributed by atoms with Crippen LogP contribution in [0.4, 0.5) is 17.1 Å². The Kier molecular flexibility index (Phi) is 8.95. The molecule has 1 N–H and O–H groups in total. The molecule has 1 saturated heterocycles. The molecule has 3 aromatic rings. The largest absolute Gasteiger partial charge is 0.502 e. The fraction of sp³-hybridized carbons (Fsp3) is 0.323. The molecule has 1 unspecified atom stereocenters. The van der Waals surface area contributed by atoms with E-state index in [1.54, 1.807) is 6.92 Å². The molecule has 0 aliphatic carbocycles. The third-order valence-electron chi connectivity index (χ3n) is 6.82. The summed E-state index contributed by atoms with van der Waals surface area (Å²) in [6.07, 6.45) is -0.446. The van der Waals surface area contributed by atoms with Crippen molar-refractivity contribution in [3.05, 3.63) is 88.1 Å². The number of ether oxygens (including phenoxy) is 1. The van der Waals surface area contributed by atoms with Crippen LogP contribution in [0.15, 0.2) is 42.5 Å². The van der Waals surface area contributed by atoms with E-state index in [2.05, 4.69) is 87.6 Å². The van der Waals surface area contributed by atoms with Gasteiger partial charge in [-0.3, -0.25) is 0 Å². The number of amides is 1. The predicted octanol–water partition coefficient (Wildman–Crippen LogP) is 6.78. The van der Waals surface area contributed by atoms with Gasteiger partial charge in [0.25, 0.3) is 0 Å². The first kappa shape index (κ1) is 28.3. The number of nitrogens with one attached hydrogen (secondary N) is 1. The number of carbonyl (C=O) groups is 1. The Morgan fingerprint density at radius 3 is 1.89 bits per heavy atom.